The van der Waals surface area contributed by atoms with Crippen molar-refractivity contribution >= 4 is 16.5 Å². The summed E-state index contributed by atoms with van der Waals surface area (Å²) in [5, 5.41) is 0.762. The summed E-state index contributed by atoms with van der Waals surface area (Å²) in [7, 11) is 2.09. The molecule has 1 aliphatic carbocycles. The van der Waals surface area contributed by atoms with Crippen LogP contribution in [0.2, 0.25) is 0 Å². The summed E-state index contributed by atoms with van der Waals surface area (Å²) in [5.41, 5.74) is 2.56. The summed E-state index contributed by atoms with van der Waals surface area (Å²) in [5.74, 6) is 6.14. The lowest BCUT2D eigenvalue weighted by atomic mass is 10.4. The van der Waals surface area contributed by atoms with E-state index in [0.717, 1.165) is 37.4 Å². The fourth-order valence-electron chi connectivity index (χ4n) is 1.55. The molecule has 1 saturated carbocycles. The van der Waals surface area contributed by atoms with E-state index < -0.39 is 0 Å². The lowest BCUT2D eigenvalue weighted by Crippen LogP contribution is -2.22. The number of nitrogen functional groups attached to an aromatic ring is 1. The van der Waals surface area contributed by atoms with E-state index in [0.29, 0.717) is 0 Å². The van der Waals surface area contributed by atoms with Crippen LogP contribution >= 0.6 is 11.3 Å². The van der Waals surface area contributed by atoms with Crippen molar-refractivity contribution in [1.82, 2.24) is 9.88 Å². The molecule has 17 heavy (non-hydrogen) atoms. The van der Waals surface area contributed by atoms with Crippen molar-refractivity contribution in [2.75, 3.05) is 32.2 Å². The topological polar surface area (TPSA) is 63.4 Å². The number of thiazole rings is 1. The van der Waals surface area contributed by atoms with Crippen molar-refractivity contribution < 1.29 is 4.74 Å². The number of hydrogen-bond donors (Lipinski definition) is 2. The maximum atomic E-state index is 5.61. The van der Waals surface area contributed by atoms with Gasteiger partial charge in [-0.3, -0.25) is 10.3 Å². The van der Waals surface area contributed by atoms with E-state index in [1.165, 1.54) is 17.7 Å². The summed E-state index contributed by atoms with van der Waals surface area (Å²) < 4.78 is 5.61. The molecule has 2 rings (SSSR count). The molecule has 0 radical (unpaired) electrons. The lowest BCUT2D eigenvalue weighted by Gasteiger charge is -2.15. The number of hydrazine groups is 1. The molecule has 1 aliphatic rings. The van der Waals surface area contributed by atoms with E-state index in [2.05, 4.69) is 22.4 Å². The Bertz CT molecular complexity index is 340. The molecule has 0 atom stereocenters. The molecule has 3 N–H and O–H groups in total. The highest BCUT2D eigenvalue weighted by atomic mass is 32.1. The number of aromatic nitrogens is 1. The molecule has 0 bridgehead atoms. The molecule has 0 unspecified atom stereocenters. The SMILES string of the molecule is CN(CCOCC1CC1)Cc1cnc(NN)s1. The number of nitrogens with zero attached hydrogens (tertiary/aromatic N) is 2. The zero-order valence-corrected chi connectivity index (χ0v) is 11.0. The Labute approximate surface area is 106 Å². The highest BCUT2D eigenvalue weighted by Gasteiger charge is 2.20. The molecule has 96 valence electrons. The summed E-state index contributed by atoms with van der Waals surface area (Å²) in [4.78, 5) is 7.59. The van der Waals surface area contributed by atoms with Gasteiger partial charge in [-0.15, -0.1) is 0 Å². The van der Waals surface area contributed by atoms with Crippen LogP contribution in [0, 0.1) is 5.92 Å². The normalized spacial score (nSPS) is 15.5. The summed E-state index contributed by atoms with van der Waals surface area (Å²) in [6, 6.07) is 0. The highest BCUT2D eigenvalue weighted by molar-refractivity contribution is 7.15. The molecule has 1 fully saturated rings. The molecular weight excluding hydrogens is 236 g/mol. The Morgan fingerprint density at radius 3 is 3.12 bits per heavy atom. The monoisotopic (exact) mass is 256 g/mol. The third kappa shape index (κ3) is 4.59. The number of anilines is 1. The molecule has 1 aromatic rings. The second-order valence-corrected chi connectivity index (χ2v) is 5.65. The second kappa shape index (κ2) is 6.30. The molecule has 5 nitrogen and oxygen atoms in total. The van der Waals surface area contributed by atoms with E-state index in [9.17, 15) is 0 Å². The molecule has 1 aromatic heterocycles. The van der Waals surface area contributed by atoms with Crippen LogP contribution < -0.4 is 11.3 Å². The Morgan fingerprint density at radius 2 is 2.47 bits per heavy atom. The predicted octanol–water partition coefficient (Wildman–Crippen LogP) is 1.29. The molecule has 0 spiro atoms. The fraction of sp³-hybridized carbons (Fsp3) is 0.727. The van der Waals surface area contributed by atoms with Crippen molar-refractivity contribution in [2.45, 2.75) is 19.4 Å². The largest absolute Gasteiger partial charge is 0.380 e. The van der Waals surface area contributed by atoms with Crippen LogP contribution in [0.5, 0.6) is 0 Å². The Balaban J connectivity index is 1.60. The third-order valence-electron chi connectivity index (χ3n) is 2.77. The van der Waals surface area contributed by atoms with E-state index in [1.54, 1.807) is 11.3 Å². The molecule has 0 aliphatic heterocycles. The zero-order valence-electron chi connectivity index (χ0n) is 10.2. The van der Waals surface area contributed by atoms with Gasteiger partial charge in [0.2, 0.25) is 0 Å². The van der Waals surface area contributed by atoms with Gasteiger partial charge < -0.3 is 4.74 Å². The summed E-state index contributed by atoms with van der Waals surface area (Å²) in [6.07, 6.45) is 4.57. The van der Waals surface area contributed by atoms with Crippen LogP contribution in [0.4, 0.5) is 5.13 Å². The van der Waals surface area contributed by atoms with Gasteiger partial charge in [-0.25, -0.2) is 10.8 Å². The van der Waals surface area contributed by atoms with Crippen LogP contribution in [-0.4, -0.2) is 36.7 Å². The zero-order chi connectivity index (χ0) is 12.1. The molecule has 1 heterocycles. The van der Waals surface area contributed by atoms with E-state index >= 15 is 0 Å². The van der Waals surface area contributed by atoms with Crippen LogP contribution in [0.15, 0.2) is 6.20 Å². The van der Waals surface area contributed by atoms with Gasteiger partial charge in [0.1, 0.15) is 0 Å². The lowest BCUT2D eigenvalue weighted by molar-refractivity contribution is 0.102. The second-order valence-electron chi connectivity index (χ2n) is 4.53. The molecule has 0 amide bonds. The third-order valence-corrected chi connectivity index (χ3v) is 3.68. The van der Waals surface area contributed by atoms with Gasteiger partial charge in [-0.2, -0.15) is 0 Å². The molecule has 6 heteroatoms. The van der Waals surface area contributed by atoms with Crippen molar-refractivity contribution in [2.24, 2.45) is 11.8 Å². The van der Waals surface area contributed by atoms with Crippen molar-refractivity contribution in [3.8, 4) is 0 Å². The summed E-state index contributed by atoms with van der Waals surface area (Å²) in [6.45, 7) is 3.60. The minimum Gasteiger partial charge on any atom is -0.380 e. The van der Waals surface area contributed by atoms with Crippen LogP contribution in [-0.2, 0) is 11.3 Å². The standard InChI is InChI=1S/C11H20N4OS/c1-15(4-5-16-8-9-2-3-9)7-10-6-13-11(14-12)17-10/h6,9H,2-5,7-8,12H2,1H3,(H,13,14). The Morgan fingerprint density at radius 1 is 1.65 bits per heavy atom. The molecule has 0 saturated heterocycles. The number of ether oxygens (including phenoxy) is 1. The minimum atomic E-state index is 0.762. The van der Waals surface area contributed by atoms with Gasteiger partial charge in [0.25, 0.3) is 0 Å². The Hall–Kier alpha value is -0.690. The van der Waals surface area contributed by atoms with Gasteiger partial charge in [-0.05, 0) is 25.8 Å². The average Bonchev–Trinajstić information content (AvgIpc) is 3.04. The quantitative estimate of drug-likeness (QED) is 0.417. The maximum Gasteiger partial charge on any atom is 0.197 e. The Kier molecular flexibility index (Phi) is 4.73. The van der Waals surface area contributed by atoms with Crippen LogP contribution in [0.1, 0.15) is 17.7 Å². The first-order valence-electron chi connectivity index (χ1n) is 5.95. The van der Waals surface area contributed by atoms with Crippen molar-refractivity contribution in [3.63, 3.8) is 0 Å². The van der Waals surface area contributed by atoms with Crippen molar-refractivity contribution in [1.29, 1.82) is 0 Å². The van der Waals surface area contributed by atoms with Gasteiger partial charge in [-0.1, -0.05) is 11.3 Å². The highest BCUT2D eigenvalue weighted by Crippen LogP contribution is 2.28. The first kappa shape index (κ1) is 12.8. The predicted molar refractivity (Wildman–Crippen MR) is 69.8 cm³/mol. The number of nitrogens with one attached hydrogen (secondary N) is 1. The van der Waals surface area contributed by atoms with Gasteiger partial charge >= 0.3 is 0 Å². The molecular formula is C11H20N4OS. The number of nitrogens with two attached hydrogens (primary N) is 1. The smallest absolute Gasteiger partial charge is 0.197 e. The first-order chi connectivity index (χ1) is 8.28. The van der Waals surface area contributed by atoms with E-state index in [1.807, 2.05) is 6.20 Å². The number of likely N-dealkylation sites (N-methyl/N-ethyl adjacent to an activating group) is 1. The first-order valence-corrected chi connectivity index (χ1v) is 6.77. The van der Waals surface area contributed by atoms with E-state index in [4.69, 9.17) is 10.6 Å². The van der Waals surface area contributed by atoms with Gasteiger partial charge in [0.05, 0.1) is 6.61 Å². The van der Waals surface area contributed by atoms with Gasteiger partial charge in [0, 0.05) is 30.8 Å². The van der Waals surface area contributed by atoms with Crippen LogP contribution in [0.3, 0.4) is 0 Å². The maximum absolute atomic E-state index is 5.61. The fourth-order valence-corrected chi connectivity index (χ4v) is 2.35. The average molecular weight is 256 g/mol. The summed E-state index contributed by atoms with van der Waals surface area (Å²) >= 11 is 1.59. The minimum absolute atomic E-state index is 0.762. The van der Waals surface area contributed by atoms with Gasteiger partial charge in [0.15, 0.2) is 5.13 Å². The van der Waals surface area contributed by atoms with E-state index in [-0.39, 0.29) is 0 Å². The number of hydrogen-bond acceptors (Lipinski definition) is 6. The van der Waals surface area contributed by atoms with Crippen molar-refractivity contribution in [3.05, 3.63) is 11.1 Å². The van der Waals surface area contributed by atoms with Crippen LogP contribution in [0.25, 0.3) is 0 Å². The number of rotatable bonds is 8. The molecule has 0 aromatic carbocycles.